The van der Waals surface area contributed by atoms with Crippen molar-refractivity contribution in [3.8, 4) is 6.07 Å². The van der Waals surface area contributed by atoms with Crippen LogP contribution in [0.4, 0.5) is 26.6 Å². The van der Waals surface area contributed by atoms with Gasteiger partial charge in [0.15, 0.2) is 10.8 Å². The molecule has 1 aliphatic rings. The SMILES string of the molecule is CN(CC[C@H]1CCCO1)Cc1ccc(Nc2nc3ncc(C#N)c(Nc4ccc(F)c(Cl)c4)c3s2)cc1. The largest absolute Gasteiger partial charge is 0.378 e. The normalized spacial score (nSPS) is 15.3. The van der Waals surface area contributed by atoms with Gasteiger partial charge in [-0.3, -0.25) is 0 Å². The second-order valence-corrected chi connectivity index (χ2v) is 10.5. The van der Waals surface area contributed by atoms with E-state index in [9.17, 15) is 9.65 Å². The Morgan fingerprint density at radius 2 is 2.03 bits per heavy atom. The summed E-state index contributed by atoms with van der Waals surface area (Å²) in [4.78, 5) is 11.2. The van der Waals surface area contributed by atoms with Crippen LogP contribution < -0.4 is 10.6 Å². The van der Waals surface area contributed by atoms with Crippen molar-refractivity contribution in [2.24, 2.45) is 0 Å². The second kappa shape index (κ2) is 11.4. The molecule has 1 saturated heterocycles. The fourth-order valence-corrected chi connectivity index (χ4v) is 5.43. The minimum atomic E-state index is -0.506. The van der Waals surface area contributed by atoms with Gasteiger partial charge in [-0.1, -0.05) is 35.1 Å². The minimum absolute atomic E-state index is 0.00191. The Balaban J connectivity index is 1.28. The third-order valence-electron chi connectivity index (χ3n) is 6.25. The summed E-state index contributed by atoms with van der Waals surface area (Å²) in [5, 5.41) is 16.8. The molecule has 2 N–H and O–H groups in total. The highest BCUT2D eigenvalue weighted by molar-refractivity contribution is 7.22. The molecule has 5 rings (SSSR count). The molecule has 0 radical (unpaired) electrons. The molecule has 2 aromatic carbocycles. The lowest BCUT2D eigenvalue weighted by atomic mass is 10.1. The molecule has 4 aromatic rings. The molecule has 1 fully saturated rings. The molecule has 0 amide bonds. The molecule has 1 atom stereocenters. The van der Waals surface area contributed by atoms with Crippen molar-refractivity contribution in [1.82, 2.24) is 14.9 Å². The first kappa shape index (κ1) is 25.4. The van der Waals surface area contributed by atoms with Crippen LogP contribution in [0.1, 0.15) is 30.4 Å². The number of nitrogens with zero attached hydrogens (tertiary/aromatic N) is 4. The Labute approximate surface area is 223 Å². The van der Waals surface area contributed by atoms with Gasteiger partial charge in [-0.15, -0.1) is 0 Å². The number of halogens is 2. The quantitative estimate of drug-likeness (QED) is 0.242. The zero-order valence-corrected chi connectivity index (χ0v) is 21.9. The zero-order valence-electron chi connectivity index (χ0n) is 20.3. The molecular weight excluding hydrogens is 511 g/mol. The smallest absolute Gasteiger partial charge is 0.189 e. The van der Waals surface area contributed by atoms with E-state index in [0.717, 1.165) is 31.8 Å². The van der Waals surface area contributed by atoms with Crippen LogP contribution in [-0.2, 0) is 11.3 Å². The topological polar surface area (TPSA) is 86.1 Å². The first-order chi connectivity index (χ1) is 18.0. The maximum Gasteiger partial charge on any atom is 0.189 e. The number of fused-ring (bicyclic) bond motifs is 1. The van der Waals surface area contributed by atoms with Gasteiger partial charge in [0.1, 0.15) is 16.6 Å². The van der Waals surface area contributed by atoms with Crippen molar-refractivity contribution in [1.29, 1.82) is 5.26 Å². The number of nitriles is 1. The molecule has 0 saturated carbocycles. The fraction of sp³-hybridized carbons (Fsp3) is 0.296. The van der Waals surface area contributed by atoms with Gasteiger partial charge in [0, 0.05) is 37.3 Å². The molecule has 10 heteroatoms. The Morgan fingerprint density at radius 1 is 1.22 bits per heavy atom. The summed E-state index contributed by atoms with van der Waals surface area (Å²) < 4.78 is 20.0. The maximum absolute atomic E-state index is 13.6. The van der Waals surface area contributed by atoms with Crippen molar-refractivity contribution >= 4 is 55.5 Å². The van der Waals surface area contributed by atoms with Crippen molar-refractivity contribution < 1.29 is 9.13 Å². The number of thiazole rings is 1. The summed E-state index contributed by atoms with van der Waals surface area (Å²) in [6.07, 6.45) is 5.30. The van der Waals surface area contributed by atoms with Crippen LogP contribution in [-0.4, -0.2) is 41.2 Å². The van der Waals surface area contributed by atoms with E-state index < -0.39 is 5.82 Å². The lowest BCUT2D eigenvalue weighted by Gasteiger charge is -2.19. The highest BCUT2D eigenvalue weighted by atomic mass is 35.5. The lowest BCUT2D eigenvalue weighted by Crippen LogP contribution is -2.22. The summed E-state index contributed by atoms with van der Waals surface area (Å²) in [7, 11) is 2.14. The van der Waals surface area contributed by atoms with Gasteiger partial charge in [-0.25, -0.2) is 9.37 Å². The third-order valence-corrected chi connectivity index (χ3v) is 7.51. The molecule has 0 aliphatic carbocycles. The number of anilines is 4. The zero-order chi connectivity index (χ0) is 25.8. The van der Waals surface area contributed by atoms with E-state index in [4.69, 9.17) is 16.3 Å². The van der Waals surface area contributed by atoms with Crippen LogP contribution in [0.2, 0.25) is 5.02 Å². The number of pyridine rings is 1. The number of nitrogens with one attached hydrogen (secondary N) is 2. The number of aromatic nitrogens is 2. The Kier molecular flexibility index (Phi) is 7.82. The van der Waals surface area contributed by atoms with Gasteiger partial charge in [0.2, 0.25) is 0 Å². The Morgan fingerprint density at radius 3 is 2.76 bits per heavy atom. The standard InChI is InChI=1S/C27H26ClFN6OS/c1-35(11-10-21-3-2-12-36-21)16-17-4-6-19(7-5-17)33-27-34-26-25(37-27)24(18(14-30)15-31-26)32-20-8-9-23(29)22(28)13-20/h4-9,13,15,21H,2-3,10-12,16H2,1H3,(H2,31,32,33,34)/t21-/m1/s1. The summed E-state index contributed by atoms with van der Waals surface area (Å²) in [6, 6.07) is 14.8. The van der Waals surface area contributed by atoms with Crippen LogP contribution in [0.15, 0.2) is 48.7 Å². The van der Waals surface area contributed by atoms with Crippen molar-refractivity contribution in [3.05, 3.63) is 70.6 Å². The number of ether oxygens (including phenoxy) is 1. The van der Waals surface area contributed by atoms with E-state index in [0.29, 0.717) is 38.5 Å². The van der Waals surface area contributed by atoms with Gasteiger partial charge in [0.25, 0.3) is 0 Å². The fourth-order valence-electron chi connectivity index (χ4n) is 4.30. The molecule has 37 heavy (non-hydrogen) atoms. The van der Waals surface area contributed by atoms with E-state index in [2.05, 4.69) is 50.8 Å². The van der Waals surface area contributed by atoms with E-state index >= 15 is 0 Å². The predicted molar refractivity (Wildman–Crippen MR) is 146 cm³/mol. The van der Waals surface area contributed by atoms with Crippen LogP contribution in [0.5, 0.6) is 0 Å². The summed E-state index contributed by atoms with van der Waals surface area (Å²) >= 11 is 7.31. The number of hydrogen-bond donors (Lipinski definition) is 2. The highest BCUT2D eigenvalue weighted by Gasteiger charge is 2.17. The summed E-state index contributed by atoms with van der Waals surface area (Å²) in [5.74, 6) is -0.506. The van der Waals surface area contributed by atoms with Crippen molar-refractivity contribution in [2.75, 3.05) is 30.8 Å². The van der Waals surface area contributed by atoms with Gasteiger partial charge < -0.3 is 20.3 Å². The predicted octanol–water partition coefficient (Wildman–Crippen LogP) is 6.84. The van der Waals surface area contributed by atoms with Crippen molar-refractivity contribution in [3.63, 3.8) is 0 Å². The van der Waals surface area contributed by atoms with Crippen LogP contribution in [0, 0.1) is 17.1 Å². The number of benzene rings is 2. The van der Waals surface area contributed by atoms with E-state index in [-0.39, 0.29) is 5.02 Å². The Hall–Kier alpha value is -3.29. The van der Waals surface area contributed by atoms with Crippen LogP contribution in [0.25, 0.3) is 10.3 Å². The number of hydrogen-bond acceptors (Lipinski definition) is 8. The molecule has 7 nitrogen and oxygen atoms in total. The molecule has 3 heterocycles. The molecule has 2 aromatic heterocycles. The number of rotatable bonds is 9. The minimum Gasteiger partial charge on any atom is -0.378 e. The van der Waals surface area contributed by atoms with Crippen LogP contribution >= 0.6 is 22.9 Å². The first-order valence-electron chi connectivity index (χ1n) is 12.1. The Bertz CT molecular complexity index is 1430. The van der Waals surface area contributed by atoms with Crippen LogP contribution in [0.3, 0.4) is 0 Å². The highest BCUT2D eigenvalue weighted by Crippen LogP contribution is 2.36. The summed E-state index contributed by atoms with van der Waals surface area (Å²) in [6.45, 7) is 2.78. The van der Waals surface area contributed by atoms with Gasteiger partial charge in [-0.05, 0) is 62.2 Å². The van der Waals surface area contributed by atoms with Gasteiger partial charge >= 0.3 is 0 Å². The molecule has 0 bridgehead atoms. The second-order valence-electron chi connectivity index (χ2n) is 9.07. The average Bonchev–Trinajstić information content (AvgIpc) is 3.56. The maximum atomic E-state index is 13.6. The third kappa shape index (κ3) is 6.17. The molecule has 1 aliphatic heterocycles. The van der Waals surface area contributed by atoms with E-state index in [1.165, 1.54) is 48.1 Å². The monoisotopic (exact) mass is 536 g/mol. The van der Waals surface area contributed by atoms with E-state index in [1.54, 1.807) is 6.07 Å². The van der Waals surface area contributed by atoms with Crippen molar-refractivity contribution in [2.45, 2.75) is 31.9 Å². The molecular formula is C27H26ClFN6OS. The molecule has 190 valence electrons. The van der Waals surface area contributed by atoms with Gasteiger partial charge in [-0.2, -0.15) is 10.2 Å². The molecule has 0 spiro atoms. The first-order valence-corrected chi connectivity index (χ1v) is 13.3. The lowest BCUT2D eigenvalue weighted by molar-refractivity contribution is 0.0944. The van der Waals surface area contributed by atoms with E-state index in [1.807, 2.05) is 12.1 Å². The summed E-state index contributed by atoms with van der Waals surface area (Å²) in [5.41, 5.74) is 4.12. The van der Waals surface area contributed by atoms with Gasteiger partial charge in [0.05, 0.1) is 22.4 Å². The molecule has 0 unspecified atom stereocenters. The average molecular weight is 537 g/mol.